The quantitative estimate of drug-likeness (QED) is 0.572. The minimum absolute atomic E-state index is 0.00301. The van der Waals surface area contributed by atoms with Crippen molar-refractivity contribution in [2.75, 3.05) is 7.05 Å². The van der Waals surface area contributed by atoms with Gasteiger partial charge in [-0.2, -0.15) is 8.78 Å². The third kappa shape index (κ3) is 3.54. The topological polar surface area (TPSA) is 71.8 Å². The molecule has 0 unspecified atom stereocenters. The first-order valence-electron chi connectivity index (χ1n) is 10.2. The van der Waals surface area contributed by atoms with Crippen LogP contribution < -0.4 is 10.2 Å². The number of benzene rings is 2. The summed E-state index contributed by atoms with van der Waals surface area (Å²) in [4.78, 5) is 26.4. The Kier molecular flexibility index (Phi) is 4.93. The molecule has 0 spiro atoms. The van der Waals surface area contributed by atoms with Crippen LogP contribution in [0, 0.1) is 5.82 Å². The molecule has 2 heterocycles. The van der Waals surface area contributed by atoms with Gasteiger partial charge in [-0.1, -0.05) is 12.1 Å². The summed E-state index contributed by atoms with van der Waals surface area (Å²) in [6, 6.07) is 4.94. The minimum atomic E-state index is -3.36. The summed E-state index contributed by atoms with van der Waals surface area (Å²) >= 11 is 0. The fourth-order valence-electron chi connectivity index (χ4n) is 4.50. The second-order valence-electron chi connectivity index (χ2n) is 8.40. The molecule has 5 rings (SSSR count). The van der Waals surface area contributed by atoms with Crippen molar-refractivity contribution < 1.29 is 32.2 Å². The molecule has 1 aliphatic carbocycles. The van der Waals surface area contributed by atoms with Gasteiger partial charge in [0.25, 0.3) is 0 Å². The number of ether oxygens (including phenoxy) is 1. The highest BCUT2D eigenvalue weighted by Gasteiger charge is 2.41. The fraction of sp³-hybridized carbons (Fsp3) is 0.304. The fourth-order valence-corrected chi connectivity index (χ4v) is 4.50. The lowest BCUT2D eigenvalue weighted by atomic mass is 9.97. The van der Waals surface area contributed by atoms with Crippen molar-refractivity contribution >= 4 is 16.9 Å². The van der Waals surface area contributed by atoms with Gasteiger partial charge in [-0.15, -0.1) is 0 Å². The summed E-state index contributed by atoms with van der Waals surface area (Å²) in [7, 11) is 1.91. The molecule has 33 heavy (non-hydrogen) atoms. The normalized spacial score (nSPS) is 19.8. The Morgan fingerprint density at radius 3 is 2.55 bits per heavy atom. The van der Waals surface area contributed by atoms with Crippen LogP contribution in [0.3, 0.4) is 0 Å². The number of fused-ring (bicyclic) bond motifs is 2. The van der Waals surface area contributed by atoms with Crippen LogP contribution in [0.1, 0.15) is 33.9 Å². The number of carboxylic acids is 1. The molecule has 2 aromatic carbocycles. The zero-order valence-electron chi connectivity index (χ0n) is 17.3. The molecule has 1 N–H and O–H groups in total. The smallest absolute Gasteiger partial charge is 0.387 e. The van der Waals surface area contributed by atoms with Gasteiger partial charge in [0, 0.05) is 25.7 Å². The Bertz CT molecular complexity index is 1370. The highest BCUT2D eigenvalue weighted by atomic mass is 19.3. The van der Waals surface area contributed by atoms with Gasteiger partial charge in [-0.05, 0) is 35.9 Å². The molecule has 0 radical (unpaired) electrons. The highest BCUT2D eigenvalue weighted by Crippen LogP contribution is 2.46. The zero-order chi connectivity index (χ0) is 23.6. The predicted molar refractivity (Wildman–Crippen MR) is 111 cm³/mol. The lowest BCUT2D eigenvalue weighted by molar-refractivity contribution is -0.0487. The molecule has 10 heteroatoms. The van der Waals surface area contributed by atoms with Crippen molar-refractivity contribution in [3.63, 3.8) is 0 Å². The molecular formula is C23H18F4N2O4. The van der Waals surface area contributed by atoms with Crippen molar-refractivity contribution in [2.45, 2.75) is 38.3 Å². The largest absolute Gasteiger partial charge is 0.477 e. The Morgan fingerprint density at radius 1 is 1.21 bits per heavy atom. The number of alkyl halides is 3. The third-order valence-electron chi connectivity index (χ3n) is 6.07. The van der Waals surface area contributed by atoms with E-state index >= 15 is 4.39 Å². The van der Waals surface area contributed by atoms with Crippen molar-refractivity contribution in [3.05, 3.63) is 63.2 Å². The molecular weight excluding hydrogens is 444 g/mol. The summed E-state index contributed by atoms with van der Waals surface area (Å²) in [6.45, 7) is -2.09. The number of carboxylic acid groups (broad SMARTS) is 1. The van der Waals surface area contributed by atoms with E-state index in [1.807, 2.05) is 11.9 Å². The second-order valence-corrected chi connectivity index (χ2v) is 8.40. The molecule has 0 bridgehead atoms. The average Bonchev–Trinajstić information content (AvgIpc) is 3.33. The first kappa shape index (κ1) is 21.4. The van der Waals surface area contributed by atoms with E-state index in [0.717, 1.165) is 28.0 Å². The number of pyridine rings is 1. The maximum atomic E-state index is 15.4. The van der Waals surface area contributed by atoms with Gasteiger partial charge in [0.1, 0.15) is 17.6 Å². The predicted octanol–water partition coefficient (Wildman–Crippen LogP) is 4.34. The first-order chi connectivity index (χ1) is 15.7. The molecule has 0 amide bonds. The maximum Gasteiger partial charge on any atom is 0.387 e. The number of aromatic carboxylic acids is 1. The van der Waals surface area contributed by atoms with E-state index in [-0.39, 0.29) is 23.1 Å². The van der Waals surface area contributed by atoms with Gasteiger partial charge in [-0.3, -0.25) is 9.69 Å². The standard InChI is InChI=1S/C23H18F4N2O4/c1-28-7-11-3-2-10(4-12(11)8-28)18-16(25)5-13-19(21(18)33-23(26)27)29(17-6-15(17)24)9-14(20(13)30)22(31)32/h2-5,9,15,17,23H,6-8H2,1H3,(H,31,32)/t15-,17+/m0/s1. The monoisotopic (exact) mass is 462 g/mol. The SMILES string of the molecule is CN1Cc2ccc(-c3c(F)cc4c(=O)c(C(=O)O)cn([C@@H]5C[C@@H]5F)c4c3OC(F)F)cc2C1. The molecule has 3 aromatic rings. The van der Waals surface area contributed by atoms with Crippen molar-refractivity contribution in [2.24, 2.45) is 0 Å². The van der Waals surface area contributed by atoms with Crippen LogP contribution >= 0.6 is 0 Å². The molecule has 1 aromatic heterocycles. The van der Waals surface area contributed by atoms with Crippen LogP contribution in [0.25, 0.3) is 22.0 Å². The lowest BCUT2D eigenvalue weighted by Crippen LogP contribution is -2.20. The van der Waals surface area contributed by atoms with Gasteiger partial charge < -0.3 is 14.4 Å². The summed E-state index contributed by atoms with van der Waals surface area (Å²) in [5.41, 5.74) is -0.172. The summed E-state index contributed by atoms with van der Waals surface area (Å²) in [5.74, 6) is -3.24. The molecule has 1 saturated carbocycles. The number of rotatable bonds is 5. The number of halogens is 4. The van der Waals surface area contributed by atoms with E-state index in [0.29, 0.717) is 13.1 Å². The van der Waals surface area contributed by atoms with Gasteiger partial charge in [0.2, 0.25) is 5.43 Å². The van der Waals surface area contributed by atoms with Crippen LogP contribution in [0.4, 0.5) is 17.6 Å². The van der Waals surface area contributed by atoms with Gasteiger partial charge >= 0.3 is 12.6 Å². The summed E-state index contributed by atoms with van der Waals surface area (Å²) < 4.78 is 62.1. The molecule has 172 valence electrons. The summed E-state index contributed by atoms with van der Waals surface area (Å²) in [5, 5.41) is 8.92. The van der Waals surface area contributed by atoms with E-state index < -0.39 is 52.7 Å². The minimum Gasteiger partial charge on any atom is -0.477 e. The first-order valence-corrected chi connectivity index (χ1v) is 10.2. The maximum absolute atomic E-state index is 15.4. The number of hydrogen-bond donors (Lipinski definition) is 1. The van der Waals surface area contributed by atoms with Crippen LogP contribution in [-0.4, -0.2) is 40.4 Å². The van der Waals surface area contributed by atoms with Gasteiger partial charge in [0.05, 0.1) is 22.5 Å². The molecule has 2 aliphatic rings. The van der Waals surface area contributed by atoms with Gasteiger partial charge in [-0.25, -0.2) is 13.6 Å². The van der Waals surface area contributed by atoms with E-state index in [1.165, 1.54) is 0 Å². The van der Waals surface area contributed by atoms with E-state index in [1.54, 1.807) is 18.2 Å². The lowest BCUT2D eigenvalue weighted by Gasteiger charge is -2.19. The third-order valence-corrected chi connectivity index (χ3v) is 6.07. The number of aromatic nitrogens is 1. The number of nitrogens with zero attached hydrogens (tertiary/aromatic N) is 2. The Morgan fingerprint density at radius 2 is 1.91 bits per heavy atom. The molecule has 6 nitrogen and oxygen atoms in total. The molecule has 0 saturated heterocycles. The zero-order valence-corrected chi connectivity index (χ0v) is 17.3. The highest BCUT2D eigenvalue weighted by molar-refractivity contribution is 5.98. The van der Waals surface area contributed by atoms with E-state index in [2.05, 4.69) is 0 Å². The van der Waals surface area contributed by atoms with Crippen LogP contribution in [0.5, 0.6) is 5.75 Å². The van der Waals surface area contributed by atoms with E-state index in [4.69, 9.17) is 4.74 Å². The van der Waals surface area contributed by atoms with Gasteiger partial charge in [0.15, 0.2) is 5.75 Å². The van der Waals surface area contributed by atoms with Crippen molar-refractivity contribution in [1.82, 2.24) is 9.47 Å². The Labute approximate surface area is 184 Å². The molecule has 1 fully saturated rings. The second kappa shape index (κ2) is 7.58. The molecule has 2 atom stereocenters. The average molecular weight is 462 g/mol. The van der Waals surface area contributed by atoms with Crippen LogP contribution in [-0.2, 0) is 13.1 Å². The Balaban J connectivity index is 1.85. The van der Waals surface area contributed by atoms with Crippen molar-refractivity contribution in [1.29, 1.82) is 0 Å². The summed E-state index contributed by atoms with van der Waals surface area (Å²) in [6.07, 6.45) is -0.446. The Hall–Kier alpha value is -3.40. The number of hydrogen-bond acceptors (Lipinski definition) is 4. The van der Waals surface area contributed by atoms with Crippen LogP contribution in [0.15, 0.2) is 35.3 Å². The number of carbonyl (C=O) groups is 1. The molecule has 1 aliphatic heterocycles. The van der Waals surface area contributed by atoms with E-state index in [9.17, 15) is 27.9 Å². The van der Waals surface area contributed by atoms with Crippen LogP contribution in [0.2, 0.25) is 0 Å². The van der Waals surface area contributed by atoms with Crippen molar-refractivity contribution in [3.8, 4) is 16.9 Å².